The molecule has 7 heteroatoms. The average molecular weight is 377 g/mol. The highest BCUT2D eigenvalue weighted by molar-refractivity contribution is 6.17. The van der Waals surface area contributed by atoms with Gasteiger partial charge in [0, 0.05) is 24.6 Å². The Morgan fingerprint density at radius 3 is 2.35 bits per heavy atom. The SMILES string of the molecule is O=C(Cc1ccc([N+](=O)[O-])cc1)N(CCCCl)[C@@H](CO)c1ccccc1. The van der Waals surface area contributed by atoms with Crippen LogP contribution in [-0.2, 0) is 11.2 Å². The van der Waals surface area contributed by atoms with Crippen LogP contribution in [0, 0.1) is 10.1 Å². The summed E-state index contributed by atoms with van der Waals surface area (Å²) in [5.41, 5.74) is 1.51. The van der Waals surface area contributed by atoms with E-state index in [1.807, 2.05) is 30.3 Å². The fourth-order valence-corrected chi connectivity index (χ4v) is 2.87. The molecule has 0 aliphatic carbocycles. The van der Waals surface area contributed by atoms with Crippen molar-refractivity contribution in [2.45, 2.75) is 18.9 Å². The number of nitro benzene ring substituents is 1. The number of hydrogen-bond acceptors (Lipinski definition) is 4. The van der Waals surface area contributed by atoms with Crippen molar-refractivity contribution in [2.24, 2.45) is 0 Å². The van der Waals surface area contributed by atoms with E-state index in [2.05, 4.69) is 0 Å². The molecule has 0 saturated carbocycles. The largest absolute Gasteiger partial charge is 0.394 e. The molecule has 6 nitrogen and oxygen atoms in total. The van der Waals surface area contributed by atoms with E-state index in [9.17, 15) is 20.0 Å². The van der Waals surface area contributed by atoms with Crippen molar-refractivity contribution in [3.05, 3.63) is 75.8 Å². The maximum atomic E-state index is 12.8. The molecule has 0 spiro atoms. The van der Waals surface area contributed by atoms with E-state index in [4.69, 9.17) is 11.6 Å². The molecule has 2 aromatic carbocycles. The molecule has 1 amide bonds. The summed E-state index contributed by atoms with van der Waals surface area (Å²) >= 11 is 5.79. The second kappa shape index (κ2) is 9.89. The maximum absolute atomic E-state index is 12.8. The zero-order chi connectivity index (χ0) is 18.9. The second-order valence-electron chi connectivity index (χ2n) is 5.84. The van der Waals surface area contributed by atoms with Crippen LogP contribution in [0.5, 0.6) is 0 Å². The third kappa shape index (κ3) is 5.28. The van der Waals surface area contributed by atoms with Gasteiger partial charge in [0.25, 0.3) is 5.69 Å². The summed E-state index contributed by atoms with van der Waals surface area (Å²) in [5, 5.41) is 20.6. The van der Waals surface area contributed by atoms with Crippen LogP contribution < -0.4 is 0 Å². The van der Waals surface area contributed by atoms with Crippen molar-refractivity contribution >= 4 is 23.2 Å². The zero-order valence-corrected chi connectivity index (χ0v) is 15.0. The highest BCUT2D eigenvalue weighted by atomic mass is 35.5. The van der Waals surface area contributed by atoms with Gasteiger partial charge in [-0.25, -0.2) is 0 Å². The Morgan fingerprint density at radius 2 is 1.81 bits per heavy atom. The van der Waals surface area contributed by atoms with Gasteiger partial charge in [-0.05, 0) is 17.5 Å². The van der Waals surface area contributed by atoms with Crippen LogP contribution in [0.25, 0.3) is 0 Å². The summed E-state index contributed by atoms with van der Waals surface area (Å²) in [5.74, 6) is 0.251. The first kappa shape index (κ1) is 19.9. The van der Waals surface area contributed by atoms with Gasteiger partial charge in [-0.15, -0.1) is 11.6 Å². The molecule has 0 unspecified atom stereocenters. The van der Waals surface area contributed by atoms with Gasteiger partial charge in [-0.3, -0.25) is 14.9 Å². The predicted molar refractivity (Wildman–Crippen MR) is 100 cm³/mol. The molecule has 2 rings (SSSR count). The standard InChI is InChI=1S/C19H21ClN2O4/c20-11-4-12-21(18(14-23)16-5-2-1-3-6-16)19(24)13-15-7-9-17(10-8-15)22(25)26/h1-3,5-10,18,23H,4,11-14H2/t18-/m0/s1. The minimum absolute atomic E-state index is 0.0160. The Balaban J connectivity index is 2.18. The first-order valence-corrected chi connectivity index (χ1v) is 8.85. The number of halogens is 1. The average Bonchev–Trinajstić information content (AvgIpc) is 2.66. The molecule has 26 heavy (non-hydrogen) atoms. The molecule has 0 heterocycles. The lowest BCUT2D eigenvalue weighted by Crippen LogP contribution is -2.38. The number of rotatable bonds is 9. The number of alkyl halides is 1. The Bertz CT molecular complexity index is 722. The number of aliphatic hydroxyl groups excluding tert-OH is 1. The van der Waals surface area contributed by atoms with Gasteiger partial charge in [0.05, 0.1) is 24.0 Å². The predicted octanol–water partition coefficient (Wildman–Crippen LogP) is 3.33. The van der Waals surface area contributed by atoms with Crippen molar-refractivity contribution < 1.29 is 14.8 Å². The molecule has 1 N–H and O–H groups in total. The Kier molecular flexibility index (Phi) is 7.56. The number of benzene rings is 2. The van der Waals surface area contributed by atoms with E-state index in [1.54, 1.807) is 17.0 Å². The highest BCUT2D eigenvalue weighted by Crippen LogP contribution is 2.22. The number of carbonyl (C=O) groups is 1. The first-order chi connectivity index (χ1) is 12.6. The smallest absolute Gasteiger partial charge is 0.269 e. The van der Waals surface area contributed by atoms with Crippen molar-refractivity contribution in [3.63, 3.8) is 0 Å². The summed E-state index contributed by atoms with van der Waals surface area (Å²) in [6.07, 6.45) is 0.709. The van der Waals surface area contributed by atoms with Crippen LogP contribution in [-0.4, -0.2) is 39.9 Å². The summed E-state index contributed by atoms with van der Waals surface area (Å²) in [6.45, 7) is 0.230. The number of carbonyl (C=O) groups excluding carboxylic acids is 1. The van der Waals surface area contributed by atoms with Gasteiger partial charge in [0.2, 0.25) is 5.91 Å². The third-order valence-electron chi connectivity index (χ3n) is 4.09. The Hall–Kier alpha value is -2.44. The Labute approximate surface area is 157 Å². The number of nitro groups is 1. The fourth-order valence-electron chi connectivity index (χ4n) is 2.76. The molecule has 138 valence electrons. The van der Waals surface area contributed by atoms with E-state index >= 15 is 0 Å². The van der Waals surface area contributed by atoms with E-state index in [0.717, 1.165) is 5.56 Å². The lowest BCUT2D eigenvalue weighted by atomic mass is 10.0. The lowest BCUT2D eigenvalue weighted by Gasteiger charge is -2.31. The molecule has 1 atom stereocenters. The van der Waals surface area contributed by atoms with Gasteiger partial charge in [-0.1, -0.05) is 42.5 Å². The van der Waals surface area contributed by atoms with E-state index in [0.29, 0.717) is 24.4 Å². The molecule has 0 fully saturated rings. The van der Waals surface area contributed by atoms with Crippen molar-refractivity contribution in [3.8, 4) is 0 Å². The molecule has 0 aromatic heterocycles. The van der Waals surface area contributed by atoms with Gasteiger partial charge in [0.15, 0.2) is 0 Å². The third-order valence-corrected chi connectivity index (χ3v) is 4.36. The monoisotopic (exact) mass is 376 g/mol. The molecule has 0 radical (unpaired) electrons. The number of non-ortho nitro benzene ring substituents is 1. The van der Waals surface area contributed by atoms with Gasteiger partial charge in [0.1, 0.15) is 0 Å². The van der Waals surface area contributed by atoms with Crippen LogP contribution in [0.4, 0.5) is 5.69 Å². The summed E-state index contributed by atoms with van der Waals surface area (Å²) < 4.78 is 0. The first-order valence-electron chi connectivity index (χ1n) is 8.31. The normalized spacial score (nSPS) is 11.8. The zero-order valence-electron chi connectivity index (χ0n) is 14.3. The highest BCUT2D eigenvalue weighted by Gasteiger charge is 2.24. The van der Waals surface area contributed by atoms with Crippen molar-refractivity contribution in [2.75, 3.05) is 19.0 Å². The van der Waals surface area contributed by atoms with Crippen LogP contribution in [0.15, 0.2) is 54.6 Å². The quantitative estimate of drug-likeness (QED) is 0.413. The number of hydrogen-bond donors (Lipinski definition) is 1. The van der Waals surface area contributed by atoms with Crippen LogP contribution >= 0.6 is 11.6 Å². The van der Waals surface area contributed by atoms with E-state index < -0.39 is 11.0 Å². The molecule has 0 aliphatic rings. The second-order valence-corrected chi connectivity index (χ2v) is 6.22. The summed E-state index contributed by atoms with van der Waals surface area (Å²) in [6, 6.07) is 14.8. The fraction of sp³-hybridized carbons (Fsp3) is 0.316. The molecule has 0 aliphatic heterocycles. The van der Waals surface area contributed by atoms with Gasteiger partial charge >= 0.3 is 0 Å². The van der Waals surface area contributed by atoms with Gasteiger partial charge < -0.3 is 10.0 Å². The van der Waals surface area contributed by atoms with E-state index in [-0.39, 0.29) is 24.6 Å². The topological polar surface area (TPSA) is 83.7 Å². The maximum Gasteiger partial charge on any atom is 0.269 e. The summed E-state index contributed by atoms with van der Waals surface area (Å²) in [7, 11) is 0. The van der Waals surface area contributed by atoms with Crippen molar-refractivity contribution in [1.82, 2.24) is 4.90 Å². The van der Waals surface area contributed by atoms with Crippen LogP contribution in [0.3, 0.4) is 0 Å². The molecule has 2 aromatic rings. The summed E-state index contributed by atoms with van der Waals surface area (Å²) in [4.78, 5) is 24.7. The van der Waals surface area contributed by atoms with Crippen LogP contribution in [0.2, 0.25) is 0 Å². The molecular weight excluding hydrogens is 356 g/mol. The van der Waals surface area contributed by atoms with Crippen molar-refractivity contribution in [1.29, 1.82) is 0 Å². The molecule has 0 bridgehead atoms. The Morgan fingerprint density at radius 1 is 1.15 bits per heavy atom. The van der Waals surface area contributed by atoms with E-state index in [1.165, 1.54) is 12.1 Å². The molecular formula is C19H21ClN2O4. The number of amides is 1. The van der Waals surface area contributed by atoms with Crippen LogP contribution in [0.1, 0.15) is 23.6 Å². The molecule has 0 saturated heterocycles. The minimum Gasteiger partial charge on any atom is -0.394 e. The number of nitrogens with zero attached hydrogens (tertiary/aromatic N) is 2. The number of aliphatic hydroxyl groups is 1. The minimum atomic E-state index is -0.477. The lowest BCUT2D eigenvalue weighted by molar-refractivity contribution is -0.384. The van der Waals surface area contributed by atoms with Gasteiger partial charge in [-0.2, -0.15) is 0 Å².